The Balaban J connectivity index is 1.53. The summed E-state index contributed by atoms with van der Waals surface area (Å²) in [5, 5.41) is 4.99. The SMILES string of the molecule is CC(C)CN(c1nc(C2CC2)c(CNC2CC2)s1)C1CC1. The van der Waals surface area contributed by atoms with Crippen LogP contribution in [0.2, 0.25) is 0 Å². The summed E-state index contributed by atoms with van der Waals surface area (Å²) in [5.74, 6) is 1.48. The lowest BCUT2D eigenvalue weighted by molar-refractivity contribution is 0.605. The maximum atomic E-state index is 5.09. The zero-order valence-corrected chi connectivity index (χ0v) is 14.1. The van der Waals surface area contributed by atoms with Gasteiger partial charge in [-0.15, -0.1) is 11.3 Å². The van der Waals surface area contributed by atoms with Crippen LogP contribution in [0.4, 0.5) is 5.13 Å². The molecule has 0 saturated heterocycles. The first-order valence-electron chi connectivity index (χ1n) is 8.70. The van der Waals surface area contributed by atoms with Crippen LogP contribution in [-0.4, -0.2) is 23.6 Å². The molecule has 0 aliphatic heterocycles. The Bertz CT molecular complexity index is 498. The van der Waals surface area contributed by atoms with Gasteiger partial charge in [0.1, 0.15) is 0 Å². The molecule has 116 valence electrons. The number of anilines is 1. The van der Waals surface area contributed by atoms with Crippen molar-refractivity contribution in [2.45, 2.75) is 76.9 Å². The number of hydrogen-bond acceptors (Lipinski definition) is 4. The van der Waals surface area contributed by atoms with Crippen LogP contribution >= 0.6 is 11.3 Å². The van der Waals surface area contributed by atoms with E-state index in [0.717, 1.165) is 31.1 Å². The number of aromatic nitrogens is 1. The maximum Gasteiger partial charge on any atom is 0.186 e. The lowest BCUT2D eigenvalue weighted by Gasteiger charge is -2.23. The van der Waals surface area contributed by atoms with Crippen LogP contribution in [0.15, 0.2) is 0 Å². The van der Waals surface area contributed by atoms with Gasteiger partial charge in [-0.25, -0.2) is 4.98 Å². The van der Waals surface area contributed by atoms with Gasteiger partial charge in [0.25, 0.3) is 0 Å². The summed E-state index contributed by atoms with van der Waals surface area (Å²) in [6.45, 7) is 6.85. The van der Waals surface area contributed by atoms with Gasteiger partial charge < -0.3 is 10.2 Å². The first-order chi connectivity index (χ1) is 10.2. The van der Waals surface area contributed by atoms with Gasteiger partial charge in [0, 0.05) is 36.0 Å². The largest absolute Gasteiger partial charge is 0.345 e. The van der Waals surface area contributed by atoms with Crippen molar-refractivity contribution in [3.05, 3.63) is 10.6 Å². The smallest absolute Gasteiger partial charge is 0.186 e. The van der Waals surface area contributed by atoms with E-state index in [0.29, 0.717) is 5.92 Å². The molecule has 0 aromatic carbocycles. The third-order valence-electron chi connectivity index (χ3n) is 4.60. The maximum absolute atomic E-state index is 5.09. The minimum Gasteiger partial charge on any atom is -0.345 e. The zero-order chi connectivity index (χ0) is 14.4. The Morgan fingerprint density at radius 1 is 1.19 bits per heavy atom. The summed E-state index contributed by atoms with van der Waals surface area (Å²) in [4.78, 5) is 9.21. The average Bonchev–Trinajstić information content (AvgIpc) is 3.32. The second-order valence-electron chi connectivity index (χ2n) is 7.51. The molecule has 0 unspecified atom stereocenters. The van der Waals surface area contributed by atoms with Crippen LogP contribution in [-0.2, 0) is 6.54 Å². The normalized spacial score (nSPS) is 22.0. The molecule has 1 heterocycles. The van der Waals surface area contributed by atoms with E-state index in [2.05, 4.69) is 24.1 Å². The fourth-order valence-electron chi connectivity index (χ4n) is 2.96. The lowest BCUT2D eigenvalue weighted by Crippen LogP contribution is -2.29. The van der Waals surface area contributed by atoms with E-state index < -0.39 is 0 Å². The minimum atomic E-state index is 0.715. The standard InChI is InChI=1S/C17H27N3S/c1-11(2)10-20(14-7-8-14)17-19-16(12-3-4-12)15(21-17)9-18-13-5-6-13/h11-14,18H,3-10H2,1-2H3. The third-order valence-corrected chi connectivity index (χ3v) is 5.71. The van der Waals surface area contributed by atoms with Crippen molar-refractivity contribution in [2.75, 3.05) is 11.4 Å². The van der Waals surface area contributed by atoms with Crippen molar-refractivity contribution in [3.63, 3.8) is 0 Å². The van der Waals surface area contributed by atoms with Crippen molar-refractivity contribution in [1.29, 1.82) is 0 Å². The van der Waals surface area contributed by atoms with Crippen molar-refractivity contribution in [2.24, 2.45) is 5.92 Å². The van der Waals surface area contributed by atoms with Crippen LogP contribution in [0, 0.1) is 5.92 Å². The van der Waals surface area contributed by atoms with Crippen LogP contribution < -0.4 is 10.2 Å². The molecule has 4 heteroatoms. The fraction of sp³-hybridized carbons (Fsp3) is 0.824. The Morgan fingerprint density at radius 2 is 1.95 bits per heavy atom. The van der Waals surface area contributed by atoms with E-state index >= 15 is 0 Å². The second-order valence-corrected chi connectivity index (χ2v) is 8.57. The van der Waals surface area contributed by atoms with Crippen LogP contribution in [0.3, 0.4) is 0 Å². The summed E-state index contributed by atoms with van der Waals surface area (Å²) in [6.07, 6.45) is 8.17. The van der Waals surface area contributed by atoms with E-state index in [4.69, 9.17) is 4.98 Å². The number of nitrogens with one attached hydrogen (secondary N) is 1. The molecule has 1 aromatic rings. The Morgan fingerprint density at radius 3 is 2.52 bits per heavy atom. The molecule has 1 N–H and O–H groups in total. The molecule has 1 aromatic heterocycles. The van der Waals surface area contributed by atoms with Crippen LogP contribution in [0.5, 0.6) is 0 Å². The van der Waals surface area contributed by atoms with Gasteiger partial charge in [-0.3, -0.25) is 0 Å². The van der Waals surface area contributed by atoms with Crippen LogP contribution in [0.25, 0.3) is 0 Å². The number of rotatable bonds is 8. The molecule has 3 aliphatic rings. The first kappa shape index (κ1) is 14.0. The Kier molecular flexibility index (Phi) is 3.70. The molecule has 3 fully saturated rings. The third kappa shape index (κ3) is 3.42. The summed E-state index contributed by atoms with van der Waals surface area (Å²) in [6, 6.07) is 1.56. The summed E-state index contributed by atoms with van der Waals surface area (Å²) >= 11 is 1.97. The molecular formula is C17H27N3S. The molecular weight excluding hydrogens is 278 g/mol. The van der Waals surface area contributed by atoms with Crippen molar-refractivity contribution in [1.82, 2.24) is 10.3 Å². The highest BCUT2D eigenvalue weighted by atomic mass is 32.1. The number of nitrogens with zero attached hydrogens (tertiary/aromatic N) is 2. The molecule has 3 aliphatic carbocycles. The summed E-state index contributed by atoms with van der Waals surface area (Å²) in [7, 11) is 0. The first-order valence-corrected chi connectivity index (χ1v) is 9.52. The number of thiazole rings is 1. The van der Waals surface area contributed by atoms with E-state index in [9.17, 15) is 0 Å². The van der Waals surface area contributed by atoms with Gasteiger partial charge in [-0.2, -0.15) is 0 Å². The summed E-state index contributed by atoms with van der Waals surface area (Å²) in [5.41, 5.74) is 1.43. The monoisotopic (exact) mass is 305 g/mol. The van der Waals surface area contributed by atoms with E-state index in [-0.39, 0.29) is 0 Å². The molecule has 21 heavy (non-hydrogen) atoms. The zero-order valence-electron chi connectivity index (χ0n) is 13.3. The van der Waals surface area contributed by atoms with E-state index in [1.54, 1.807) is 0 Å². The van der Waals surface area contributed by atoms with Gasteiger partial charge in [0.15, 0.2) is 5.13 Å². The quantitative estimate of drug-likeness (QED) is 0.789. The van der Waals surface area contributed by atoms with Crippen molar-refractivity contribution >= 4 is 16.5 Å². The predicted molar refractivity (Wildman–Crippen MR) is 89.2 cm³/mol. The highest BCUT2D eigenvalue weighted by Crippen LogP contribution is 2.45. The highest BCUT2D eigenvalue weighted by Gasteiger charge is 2.35. The molecule has 4 rings (SSSR count). The molecule has 0 bridgehead atoms. The Hall–Kier alpha value is -0.610. The Labute approximate surface area is 132 Å². The van der Waals surface area contributed by atoms with Crippen molar-refractivity contribution in [3.8, 4) is 0 Å². The molecule has 0 amide bonds. The van der Waals surface area contributed by atoms with Gasteiger partial charge in [0.05, 0.1) is 5.69 Å². The molecule has 3 saturated carbocycles. The fourth-order valence-corrected chi connectivity index (χ4v) is 4.14. The van der Waals surface area contributed by atoms with Gasteiger partial charge >= 0.3 is 0 Å². The molecule has 0 radical (unpaired) electrons. The van der Waals surface area contributed by atoms with Gasteiger partial charge in [-0.05, 0) is 44.4 Å². The van der Waals surface area contributed by atoms with Gasteiger partial charge in [0.2, 0.25) is 0 Å². The molecule has 3 nitrogen and oxygen atoms in total. The average molecular weight is 305 g/mol. The second kappa shape index (κ2) is 5.54. The highest BCUT2D eigenvalue weighted by molar-refractivity contribution is 7.15. The topological polar surface area (TPSA) is 28.2 Å². The van der Waals surface area contributed by atoms with Crippen molar-refractivity contribution < 1.29 is 0 Å². The van der Waals surface area contributed by atoms with E-state index in [1.807, 2.05) is 11.3 Å². The van der Waals surface area contributed by atoms with Crippen LogP contribution in [0.1, 0.15) is 68.9 Å². The predicted octanol–water partition coefficient (Wildman–Crippen LogP) is 3.90. The lowest BCUT2D eigenvalue weighted by atomic mass is 10.2. The van der Waals surface area contributed by atoms with E-state index in [1.165, 1.54) is 54.2 Å². The van der Waals surface area contributed by atoms with Gasteiger partial charge in [-0.1, -0.05) is 13.8 Å². The summed E-state index contributed by atoms with van der Waals surface area (Å²) < 4.78 is 0. The molecule has 0 atom stereocenters. The number of hydrogen-bond donors (Lipinski definition) is 1. The molecule has 0 spiro atoms. The minimum absolute atomic E-state index is 0.715.